The lowest BCUT2D eigenvalue weighted by atomic mass is 10.1. The van der Waals surface area contributed by atoms with E-state index in [-0.39, 0.29) is 11.6 Å². The van der Waals surface area contributed by atoms with Gasteiger partial charge in [-0.05, 0) is 43.5 Å². The van der Waals surface area contributed by atoms with Crippen LogP contribution in [0, 0.1) is 6.92 Å². The highest BCUT2D eigenvalue weighted by molar-refractivity contribution is 6.07. The van der Waals surface area contributed by atoms with Crippen LogP contribution >= 0.6 is 0 Å². The molecule has 0 atom stereocenters. The van der Waals surface area contributed by atoms with Crippen molar-refractivity contribution < 1.29 is 9.53 Å². The Kier molecular flexibility index (Phi) is 3.29. The van der Waals surface area contributed by atoms with Crippen LogP contribution in [0.5, 0.6) is 5.75 Å². The molecule has 2 aromatic rings. The number of nitrogens with zero attached hydrogens (tertiary/aromatic N) is 1. The molecule has 4 N–H and O–H groups in total. The number of aromatic amines is 1. The van der Waals surface area contributed by atoms with E-state index in [9.17, 15) is 4.79 Å². The molecule has 21 heavy (non-hydrogen) atoms. The maximum absolute atomic E-state index is 12.3. The standard InChI is InChI=1S/C15H18N4O2/c1-8-7-10(21-2)5-6-11(8)17-15(20)14-12(16)13(18-19-14)9-3-4-9/h5-7,9H,3-4,16H2,1-2H3,(H,17,20)(H,18,19). The second-order valence-electron chi connectivity index (χ2n) is 5.31. The number of amides is 1. The van der Waals surface area contributed by atoms with Crippen LogP contribution in [0.2, 0.25) is 0 Å². The number of carbonyl (C=O) groups is 1. The van der Waals surface area contributed by atoms with Gasteiger partial charge in [-0.15, -0.1) is 0 Å². The van der Waals surface area contributed by atoms with Crippen LogP contribution in [0.25, 0.3) is 0 Å². The van der Waals surface area contributed by atoms with Gasteiger partial charge in [0, 0.05) is 11.6 Å². The van der Waals surface area contributed by atoms with Crippen molar-refractivity contribution in [2.45, 2.75) is 25.7 Å². The number of H-pyrrole nitrogens is 1. The summed E-state index contributed by atoms with van der Waals surface area (Å²) in [5.41, 5.74) is 9.24. The van der Waals surface area contributed by atoms with E-state index in [1.54, 1.807) is 19.2 Å². The maximum Gasteiger partial charge on any atom is 0.278 e. The van der Waals surface area contributed by atoms with E-state index in [4.69, 9.17) is 10.5 Å². The predicted octanol–water partition coefficient (Wildman–Crippen LogP) is 2.44. The van der Waals surface area contributed by atoms with E-state index in [1.807, 2.05) is 13.0 Å². The third kappa shape index (κ3) is 2.56. The van der Waals surface area contributed by atoms with Crippen LogP contribution in [-0.4, -0.2) is 23.2 Å². The first-order valence-electron chi connectivity index (χ1n) is 6.90. The van der Waals surface area contributed by atoms with Gasteiger partial charge in [-0.25, -0.2) is 0 Å². The van der Waals surface area contributed by atoms with Crippen LogP contribution < -0.4 is 15.8 Å². The molecule has 1 aliphatic carbocycles. The predicted molar refractivity (Wildman–Crippen MR) is 80.7 cm³/mol. The number of nitrogen functional groups attached to an aromatic ring is 1. The molecule has 6 heteroatoms. The summed E-state index contributed by atoms with van der Waals surface area (Å²) in [6, 6.07) is 5.46. The van der Waals surface area contributed by atoms with Gasteiger partial charge in [0.05, 0.1) is 18.5 Å². The molecule has 1 aliphatic rings. The molecule has 110 valence electrons. The van der Waals surface area contributed by atoms with E-state index in [0.29, 0.717) is 11.6 Å². The number of benzene rings is 1. The number of anilines is 2. The van der Waals surface area contributed by atoms with E-state index in [2.05, 4.69) is 15.5 Å². The first kappa shape index (κ1) is 13.5. The number of ether oxygens (including phenoxy) is 1. The molecule has 6 nitrogen and oxygen atoms in total. The summed E-state index contributed by atoms with van der Waals surface area (Å²) in [4.78, 5) is 12.3. The van der Waals surface area contributed by atoms with Crippen molar-refractivity contribution in [3.8, 4) is 5.75 Å². The Hall–Kier alpha value is -2.50. The minimum atomic E-state index is -0.302. The highest BCUT2D eigenvalue weighted by Crippen LogP contribution is 2.42. The van der Waals surface area contributed by atoms with Crippen molar-refractivity contribution in [1.29, 1.82) is 0 Å². The summed E-state index contributed by atoms with van der Waals surface area (Å²) in [7, 11) is 1.61. The Morgan fingerprint density at radius 1 is 1.48 bits per heavy atom. The van der Waals surface area contributed by atoms with E-state index >= 15 is 0 Å². The molecule has 3 rings (SSSR count). The average Bonchev–Trinajstić information content (AvgIpc) is 3.24. The zero-order valence-corrected chi connectivity index (χ0v) is 12.1. The monoisotopic (exact) mass is 286 g/mol. The Morgan fingerprint density at radius 2 is 2.24 bits per heavy atom. The first-order chi connectivity index (χ1) is 10.1. The van der Waals surface area contributed by atoms with Gasteiger partial charge in [0.25, 0.3) is 5.91 Å². The number of hydrogen-bond donors (Lipinski definition) is 3. The van der Waals surface area contributed by atoms with Gasteiger partial charge >= 0.3 is 0 Å². The molecular formula is C15H18N4O2. The van der Waals surface area contributed by atoms with Crippen LogP contribution in [0.4, 0.5) is 11.4 Å². The summed E-state index contributed by atoms with van der Waals surface area (Å²) in [5.74, 6) is 0.881. The minimum Gasteiger partial charge on any atom is -0.497 e. The van der Waals surface area contributed by atoms with Gasteiger partial charge in [0.1, 0.15) is 5.75 Å². The normalized spacial score (nSPS) is 14.0. The molecule has 0 bridgehead atoms. The van der Waals surface area contributed by atoms with Crippen molar-refractivity contribution in [2.24, 2.45) is 0 Å². The largest absolute Gasteiger partial charge is 0.497 e. The van der Waals surface area contributed by atoms with Crippen molar-refractivity contribution in [3.63, 3.8) is 0 Å². The van der Waals surface area contributed by atoms with E-state index < -0.39 is 0 Å². The molecule has 0 aliphatic heterocycles. The van der Waals surface area contributed by atoms with Crippen LogP contribution in [0.1, 0.15) is 40.5 Å². The van der Waals surface area contributed by atoms with Gasteiger partial charge in [-0.2, -0.15) is 5.10 Å². The van der Waals surface area contributed by atoms with Crippen LogP contribution in [0.15, 0.2) is 18.2 Å². The van der Waals surface area contributed by atoms with Gasteiger partial charge in [0.15, 0.2) is 5.69 Å². The topological polar surface area (TPSA) is 93.0 Å². The second kappa shape index (κ2) is 5.12. The fraction of sp³-hybridized carbons (Fsp3) is 0.333. The smallest absolute Gasteiger partial charge is 0.278 e. The molecule has 1 saturated carbocycles. The molecular weight excluding hydrogens is 268 g/mol. The second-order valence-corrected chi connectivity index (χ2v) is 5.31. The van der Waals surface area contributed by atoms with Crippen molar-refractivity contribution in [1.82, 2.24) is 10.2 Å². The zero-order valence-electron chi connectivity index (χ0n) is 12.1. The first-order valence-corrected chi connectivity index (χ1v) is 6.90. The highest BCUT2D eigenvalue weighted by atomic mass is 16.5. The van der Waals surface area contributed by atoms with Crippen LogP contribution in [0.3, 0.4) is 0 Å². The van der Waals surface area contributed by atoms with Crippen molar-refractivity contribution >= 4 is 17.3 Å². The number of methoxy groups -OCH3 is 1. The number of rotatable bonds is 4. The Morgan fingerprint density at radius 3 is 2.86 bits per heavy atom. The molecule has 0 radical (unpaired) electrons. The maximum atomic E-state index is 12.3. The zero-order chi connectivity index (χ0) is 15.0. The molecule has 0 unspecified atom stereocenters. The Labute approximate surface area is 122 Å². The molecule has 1 aromatic heterocycles. The lowest BCUT2D eigenvalue weighted by Crippen LogP contribution is -2.15. The van der Waals surface area contributed by atoms with Gasteiger partial charge in [-0.3, -0.25) is 9.89 Å². The molecule has 0 saturated heterocycles. The number of aromatic nitrogens is 2. The van der Waals surface area contributed by atoms with E-state index in [1.165, 1.54) is 0 Å². The fourth-order valence-electron chi connectivity index (χ4n) is 2.31. The Bertz CT molecular complexity index is 689. The quantitative estimate of drug-likeness (QED) is 0.804. The molecule has 1 aromatic carbocycles. The Balaban J connectivity index is 1.80. The lowest BCUT2D eigenvalue weighted by Gasteiger charge is -2.09. The molecule has 1 fully saturated rings. The minimum absolute atomic E-state index is 0.257. The third-order valence-corrected chi connectivity index (χ3v) is 3.72. The summed E-state index contributed by atoms with van der Waals surface area (Å²) < 4.78 is 5.15. The highest BCUT2D eigenvalue weighted by Gasteiger charge is 2.30. The molecule has 1 heterocycles. The summed E-state index contributed by atoms with van der Waals surface area (Å²) in [6.07, 6.45) is 2.20. The number of hydrogen-bond acceptors (Lipinski definition) is 4. The fourth-order valence-corrected chi connectivity index (χ4v) is 2.31. The summed E-state index contributed by atoms with van der Waals surface area (Å²) in [6.45, 7) is 1.90. The van der Waals surface area contributed by atoms with Crippen molar-refractivity contribution in [3.05, 3.63) is 35.2 Å². The third-order valence-electron chi connectivity index (χ3n) is 3.72. The van der Waals surface area contributed by atoms with E-state index in [0.717, 1.165) is 35.5 Å². The summed E-state index contributed by atoms with van der Waals surface area (Å²) >= 11 is 0. The average molecular weight is 286 g/mol. The van der Waals surface area contributed by atoms with Gasteiger partial charge in [-0.1, -0.05) is 0 Å². The molecule has 1 amide bonds. The number of nitrogens with two attached hydrogens (primary N) is 1. The van der Waals surface area contributed by atoms with Crippen LogP contribution in [-0.2, 0) is 0 Å². The van der Waals surface area contributed by atoms with Gasteiger partial charge < -0.3 is 15.8 Å². The SMILES string of the molecule is COc1ccc(NC(=O)c2n[nH]c(C3CC3)c2N)c(C)c1. The van der Waals surface area contributed by atoms with Gasteiger partial charge in [0.2, 0.25) is 0 Å². The number of carbonyl (C=O) groups excluding carboxylic acids is 1. The van der Waals surface area contributed by atoms with Crippen molar-refractivity contribution in [2.75, 3.05) is 18.2 Å². The number of nitrogens with one attached hydrogen (secondary N) is 2. The molecule has 0 spiro atoms. The lowest BCUT2D eigenvalue weighted by molar-refractivity contribution is 0.102. The summed E-state index contributed by atoms with van der Waals surface area (Å²) in [5, 5.41) is 9.76. The number of aryl methyl sites for hydroxylation is 1.